The molecule has 0 amide bonds. The molecule has 8 heteroatoms. The first-order chi connectivity index (χ1) is 13.4. The Kier molecular flexibility index (Phi) is 6.42. The molecule has 1 saturated heterocycles. The maximum Gasteiger partial charge on any atom is 0.191 e. The lowest BCUT2D eigenvalue weighted by atomic mass is 10.1. The Morgan fingerprint density at radius 2 is 2.25 bits per heavy atom. The molecule has 1 N–H and O–H groups in total. The molecule has 0 bridgehead atoms. The molecule has 1 aliphatic heterocycles. The number of hydrogen-bond donors (Lipinski definition) is 1. The average Bonchev–Trinajstić information content (AvgIpc) is 3.33. The molecule has 2 heterocycles. The number of thioether (sulfide) groups is 1. The number of allylic oxidation sites excluding steroid dienone is 1. The number of hydrogen-bond acceptors (Lipinski definition) is 7. The zero-order chi connectivity index (χ0) is 20.3. The number of phenols is 1. The van der Waals surface area contributed by atoms with Crippen molar-refractivity contribution in [2.24, 2.45) is 0 Å². The van der Waals surface area contributed by atoms with Crippen molar-refractivity contribution in [3.05, 3.63) is 53.2 Å². The number of likely N-dealkylation sites (tertiary alicyclic amines) is 1. The van der Waals surface area contributed by atoms with E-state index in [0.29, 0.717) is 15.3 Å². The maximum atomic E-state index is 12.8. The van der Waals surface area contributed by atoms with Crippen LogP contribution in [0.4, 0.5) is 0 Å². The van der Waals surface area contributed by atoms with Gasteiger partial charge in [-0.2, -0.15) is 0 Å². The molecule has 1 aromatic carbocycles. The molecule has 0 radical (unpaired) electrons. The van der Waals surface area contributed by atoms with E-state index >= 15 is 0 Å². The van der Waals surface area contributed by atoms with E-state index in [4.69, 9.17) is 4.74 Å². The molecule has 0 aliphatic carbocycles. The molecule has 2 aromatic rings. The third-order valence-electron chi connectivity index (χ3n) is 4.59. The van der Waals surface area contributed by atoms with E-state index in [1.165, 1.54) is 30.2 Å². The van der Waals surface area contributed by atoms with Crippen LogP contribution >= 0.6 is 23.1 Å². The highest BCUT2D eigenvalue weighted by atomic mass is 32.2. The molecular formula is C20H23NO4S3. The van der Waals surface area contributed by atoms with E-state index in [-0.39, 0.29) is 17.3 Å². The molecular weight excluding hydrogens is 414 g/mol. The van der Waals surface area contributed by atoms with Gasteiger partial charge in [0, 0.05) is 28.9 Å². The molecule has 0 saturated carbocycles. The maximum absolute atomic E-state index is 12.8. The van der Waals surface area contributed by atoms with Crippen LogP contribution in [-0.2, 0) is 15.6 Å². The lowest BCUT2D eigenvalue weighted by Crippen LogP contribution is -2.08. The zero-order valence-corrected chi connectivity index (χ0v) is 18.3. The van der Waals surface area contributed by atoms with Gasteiger partial charge >= 0.3 is 0 Å². The number of benzene rings is 1. The Labute approximate surface area is 174 Å². The Balaban J connectivity index is 2.05. The summed E-state index contributed by atoms with van der Waals surface area (Å²) >= 11 is 2.61. The largest absolute Gasteiger partial charge is 0.504 e. The standard InChI is InChI=1S/C20H23NO4S3/c1-14-6-4-9-21(14)10-8-16-19(22)17(25-2)12-15(20(16)26-3)13-28(23,24)18-7-5-11-27-18/h5,7-8,10-12,22H,1,4,6,9,13H2,2-3H3/b10-8+. The first-order valence-electron chi connectivity index (χ1n) is 8.73. The molecule has 1 aliphatic rings. The Hall–Kier alpha value is -1.90. The minimum atomic E-state index is -3.48. The minimum absolute atomic E-state index is 0.00480. The summed E-state index contributed by atoms with van der Waals surface area (Å²) in [4.78, 5) is 2.77. The van der Waals surface area contributed by atoms with Gasteiger partial charge in [-0.1, -0.05) is 12.6 Å². The van der Waals surface area contributed by atoms with Crippen LogP contribution in [0.25, 0.3) is 6.08 Å². The SMILES string of the molecule is C=C1CCCN1/C=C/c1c(O)c(OC)cc(CS(=O)(=O)c2cccs2)c1SC. The van der Waals surface area contributed by atoms with Crippen molar-refractivity contribution in [1.29, 1.82) is 0 Å². The molecule has 0 unspecified atom stereocenters. The number of rotatable bonds is 7. The monoisotopic (exact) mass is 437 g/mol. The van der Waals surface area contributed by atoms with Gasteiger partial charge in [0.2, 0.25) is 0 Å². The van der Waals surface area contributed by atoms with Crippen LogP contribution < -0.4 is 4.74 Å². The van der Waals surface area contributed by atoms with Crippen LogP contribution in [0.1, 0.15) is 24.0 Å². The lowest BCUT2D eigenvalue weighted by molar-refractivity contribution is 0.371. The van der Waals surface area contributed by atoms with Crippen LogP contribution in [0.15, 0.2) is 51.2 Å². The second kappa shape index (κ2) is 8.63. The smallest absolute Gasteiger partial charge is 0.191 e. The highest BCUT2D eigenvalue weighted by Gasteiger charge is 2.23. The van der Waals surface area contributed by atoms with Gasteiger partial charge in [-0.05, 0) is 48.2 Å². The molecule has 150 valence electrons. The van der Waals surface area contributed by atoms with Crippen molar-refractivity contribution >= 4 is 39.0 Å². The number of methoxy groups -OCH3 is 1. The number of sulfone groups is 1. The van der Waals surface area contributed by atoms with Gasteiger partial charge in [0.15, 0.2) is 21.3 Å². The fourth-order valence-electron chi connectivity index (χ4n) is 3.18. The van der Waals surface area contributed by atoms with Crippen molar-refractivity contribution in [2.75, 3.05) is 19.9 Å². The predicted octanol–water partition coefficient (Wildman–Crippen LogP) is 4.74. The molecule has 0 spiro atoms. The summed E-state index contributed by atoms with van der Waals surface area (Å²) in [5.74, 6) is 0.108. The Morgan fingerprint density at radius 3 is 2.82 bits per heavy atom. The second-order valence-electron chi connectivity index (χ2n) is 6.40. The molecule has 28 heavy (non-hydrogen) atoms. The Morgan fingerprint density at radius 1 is 1.46 bits per heavy atom. The van der Waals surface area contributed by atoms with Crippen molar-refractivity contribution in [3.63, 3.8) is 0 Å². The van der Waals surface area contributed by atoms with Gasteiger partial charge in [0.1, 0.15) is 4.21 Å². The van der Waals surface area contributed by atoms with Crippen LogP contribution in [0, 0.1) is 0 Å². The average molecular weight is 438 g/mol. The van der Waals surface area contributed by atoms with Crippen molar-refractivity contribution in [1.82, 2.24) is 4.90 Å². The molecule has 3 rings (SSSR count). The number of thiophene rings is 1. The minimum Gasteiger partial charge on any atom is -0.504 e. The normalized spacial score (nSPS) is 14.9. The van der Waals surface area contributed by atoms with Crippen LogP contribution in [-0.4, -0.2) is 38.3 Å². The molecule has 0 atom stereocenters. The van der Waals surface area contributed by atoms with Crippen LogP contribution in [0.5, 0.6) is 11.5 Å². The third-order valence-corrected chi connectivity index (χ3v) is 8.64. The fraction of sp³-hybridized carbons (Fsp3) is 0.300. The van der Waals surface area contributed by atoms with Crippen molar-refractivity contribution < 1.29 is 18.3 Å². The highest BCUT2D eigenvalue weighted by Crippen LogP contribution is 2.41. The quantitative estimate of drug-likeness (QED) is 0.631. The molecule has 1 fully saturated rings. The van der Waals surface area contributed by atoms with Gasteiger partial charge in [-0.3, -0.25) is 0 Å². The first-order valence-corrected chi connectivity index (χ1v) is 12.5. The van der Waals surface area contributed by atoms with E-state index in [1.54, 1.807) is 29.7 Å². The summed E-state index contributed by atoms with van der Waals surface area (Å²) in [7, 11) is -2.02. The number of nitrogens with zero attached hydrogens (tertiary/aromatic N) is 1. The predicted molar refractivity (Wildman–Crippen MR) is 116 cm³/mol. The van der Waals surface area contributed by atoms with Gasteiger partial charge < -0.3 is 14.7 Å². The lowest BCUT2D eigenvalue weighted by Gasteiger charge is -2.17. The first kappa shape index (κ1) is 20.8. The number of aromatic hydroxyl groups is 1. The number of ether oxygens (including phenoxy) is 1. The molecule has 1 aromatic heterocycles. The topological polar surface area (TPSA) is 66.8 Å². The summed E-state index contributed by atoms with van der Waals surface area (Å²) in [6, 6.07) is 4.94. The van der Waals surface area contributed by atoms with E-state index in [2.05, 4.69) is 6.58 Å². The summed E-state index contributed by atoms with van der Waals surface area (Å²) < 4.78 is 31.2. The van der Waals surface area contributed by atoms with Crippen LogP contribution in [0.3, 0.4) is 0 Å². The van der Waals surface area contributed by atoms with Crippen molar-refractivity contribution in [2.45, 2.75) is 27.7 Å². The van der Waals surface area contributed by atoms with E-state index in [1.807, 2.05) is 17.4 Å². The van der Waals surface area contributed by atoms with E-state index in [9.17, 15) is 13.5 Å². The van der Waals surface area contributed by atoms with E-state index in [0.717, 1.165) is 30.0 Å². The van der Waals surface area contributed by atoms with Crippen molar-refractivity contribution in [3.8, 4) is 11.5 Å². The van der Waals surface area contributed by atoms with E-state index < -0.39 is 9.84 Å². The van der Waals surface area contributed by atoms with Gasteiger partial charge in [-0.15, -0.1) is 23.1 Å². The van der Waals surface area contributed by atoms with Crippen LogP contribution in [0.2, 0.25) is 0 Å². The fourth-order valence-corrected chi connectivity index (χ4v) is 6.49. The highest BCUT2D eigenvalue weighted by molar-refractivity contribution is 7.98. The molecule has 5 nitrogen and oxygen atoms in total. The Bertz CT molecular complexity index is 995. The second-order valence-corrected chi connectivity index (χ2v) is 10.4. The summed E-state index contributed by atoms with van der Waals surface area (Å²) in [5, 5.41) is 12.4. The summed E-state index contributed by atoms with van der Waals surface area (Å²) in [6.45, 7) is 4.93. The van der Waals surface area contributed by atoms with Gasteiger partial charge in [0.05, 0.1) is 12.9 Å². The van der Waals surface area contributed by atoms with Gasteiger partial charge in [-0.25, -0.2) is 8.42 Å². The third kappa shape index (κ3) is 4.24. The summed E-state index contributed by atoms with van der Waals surface area (Å²) in [6.07, 6.45) is 7.57. The summed E-state index contributed by atoms with van der Waals surface area (Å²) in [5.41, 5.74) is 2.20. The zero-order valence-electron chi connectivity index (χ0n) is 15.8. The number of phenolic OH excluding ortho intramolecular Hbond substituents is 1. The van der Waals surface area contributed by atoms with Gasteiger partial charge in [0.25, 0.3) is 0 Å².